The van der Waals surface area contributed by atoms with Gasteiger partial charge in [-0.05, 0) is 43.4 Å². The molecule has 6 atom stereocenters. The summed E-state index contributed by atoms with van der Waals surface area (Å²) in [7, 11) is -9.91. The minimum Gasteiger partial charge on any atom is -0.462 e. The van der Waals surface area contributed by atoms with E-state index >= 15 is 0 Å². The molecule has 0 aromatic carbocycles. The standard InChI is InChI=1S/C74H144O17P2/c1-8-10-11-12-13-14-15-16-17-18-19-20-21-22-23-26-35-43-50-57-73(78)90-69(61-84-71(76)55-48-41-34-27-24-25-31-38-45-52-65(3)4)63-88-92(80,81)86-59-68(75)60-87-93(82,83)89-64-70(62-85-72(77)56-49-42-37-30-32-39-46-53-66(5)6)91-74(79)58-51-44-36-29-28-33-40-47-54-67(7)9-2/h65-70,75H,8-64H2,1-7H3,(H,80,81)(H,82,83)/t67?,68-,69-,70-/m1/s1. The number of carbonyl (C=O) groups excluding carboxylic acids is 4. The molecule has 0 saturated carbocycles. The van der Waals surface area contributed by atoms with Crippen molar-refractivity contribution in [3.8, 4) is 0 Å². The quantitative estimate of drug-likeness (QED) is 0.0222. The smallest absolute Gasteiger partial charge is 0.462 e. The zero-order valence-corrected chi connectivity index (χ0v) is 62.5. The first kappa shape index (κ1) is 91.1. The van der Waals surface area contributed by atoms with Gasteiger partial charge in [-0.15, -0.1) is 0 Å². The Kier molecular flexibility index (Phi) is 63.4. The van der Waals surface area contributed by atoms with Crippen LogP contribution in [-0.4, -0.2) is 96.7 Å². The fourth-order valence-electron chi connectivity index (χ4n) is 11.2. The Hall–Kier alpha value is -1.94. The molecule has 93 heavy (non-hydrogen) atoms. The van der Waals surface area contributed by atoms with E-state index in [-0.39, 0.29) is 25.7 Å². The zero-order chi connectivity index (χ0) is 68.7. The topological polar surface area (TPSA) is 237 Å². The van der Waals surface area contributed by atoms with Crippen molar-refractivity contribution in [3.05, 3.63) is 0 Å². The summed E-state index contributed by atoms with van der Waals surface area (Å²) < 4.78 is 68.4. The van der Waals surface area contributed by atoms with Gasteiger partial charge in [-0.3, -0.25) is 37.3 Å². The molecule has 552 valence electrons. The third-order valence-corrected chi connectivity index (χ3v) is 19.4. The average molecular weight is 1370 g/mol. The molecule has 0 bridgehead atoms. The Morgan fingerprint density at radius 3 is 0.817 bits per heavy atom. The number of rotatable bonds is 72. The van der Waals surface area contributed by atoms with E-state index in [0.29, 0.717) is 31.6 Å². The van der Waals surface area contributed by atoms with Gasteiger partial charge in [0.25, 0.3) is 0 Å². The van der Waals surface area contributed by atoms with Gasteiger partial charge in [0.1, 0.15) is 19.3 Å². The lowest BCUT2D eigenvalue weighted by atomic mass is 9.99. The van der Waals surface area contributed by atoms with Crippen LogP contribution in [0.2, 0.25) is 0 Å². The van der Waals surface area contributed by atoms with Gasteiger partial charge in [0.15, 0.2) is 12.2 Å². The Bertz CT molecular complexity index is 1820. The molecule has 0 aliphatic heterocycles. The highest BCUT2D eigenvalue weighted by Gasteiger charge is 2.30. The van der Waals surface area contributed by atoms with Crippen LogP contribution in [0.1, 0.15) is 376 Å². The average Bonchev–Trinajstić information content (AvgIpc) is 1.62. The first-order valence-electron chi connectivity index (χ1n) is 38.4. The lowest BCUT2D eigenvalue weighted by Crippen LogP contribution is -2.30. The van der Waals surface area contributed by atoms with Gasteiger partial charge in [-0.1, -0.05) is 325 Å². The molecule has 0 fully saturated rings. The second-order valence-corrected chi connectivity index (χ2v) is 30.8. The fraction of sp³-hybridized carbons (Fsp3) is 0.946. The predicted molar refractivity (Wildman–Crippen MR) is 377 cm³/mol. The number of esters is 4. The lowest BCUT2D eigenvalue weighted by Gasteiger charge is -2.21. The largest absolute Gasteiger partial charge is 0.472 e. The van der Waals surface area contributed by atoms with Crippen molar-refractivity contribution in [2.45, 2.75) is 394 Å². The highest BCUT2D eigenvalue weighted by Crippen LogP contribution is 2.45. The molecule has 0 radical (unpaired) electrons. The summed E-state index contributed by atoms with van der Waals surface area (Å²) in [6.07, 6.45) is 50.1. The molecule has 0 aliphatic rings. The number of phosphoric acid groups is 2. The molecule has 3 N–H and O–H groups in total. The molecule has 17 nitrogen and oxygen atoms in total. The van der Waals surface area contributed by atoms with Crippen molar-refractivity contribution in [3.63, 3.8) is 0 Å². The van der Waals surface area contributed by atoms with Gasteiger partial charge in [0.2, 0.25) is 0 Å². The van der Waals surface area contributed by atoms with Crippen LogP contribution in [-0.2, 0) is 65.4 Å². The summed E-state index contributed by atoms with van der Waals surface area (Å²) in [6.45, 7) is 11.8. The van der Waals surface area contributed by atoms with Crippen LogP contribution in [0.25, 0.3) is 0 Å². The van der Waals surface area contributed by atoms with Crippen molar-refractivity contribution in [2.24, 2.45) is 17.8 Å². The second-order valence-electron chi connectivity index (χ2n) is 27.9. The number of aliphatic hydroxyl groups excluding tert-OH is 1. The van der Waals surface area contributed by atoms with Gasteiger partial charge in [0.05, 0.1) is 26.4 Å². The molecule has 0 aliphatic carbocycles. The van der Waals surface area contributed by atoms with E-state index in [2.05, 4.69) is 48.5 Å². The molecular weight excluding hydrogens is 1220 g/mol. The van der Waals surface area contributed by atoms with Crippen LogP contribution < -0.4 is 0 Å². The first-order chi connectivity index (χ1) is 44.8. The number of hydrogen-bond donors (Lipinski definition) is 3. The van der Waals surface area contributed by atoms with E-state index in [9.17, 15) is 43.2 Å². The summed E-state index contributed by atoms with van der Waals surface area (Å²) in [5.74, 6) is 0.0944. The van der Waals surface area contributed by atoms with Gasteiger partial charge in [0, 0.05) is 25.7 Å². The maximum Gasteiger partial charge on any atom is 0.472 e. The highest BCUT2D eigenvalue weighted by molar-refractivity contribution is 7.47. The molecule has 0 rings (SSSR count). The summed E-state index contributed by atoms with van der Waals surface area (Å²) in [5, 5.41) is 10.6. The SMILES string of the molecule is CCCCCCCCCCCCCCCCCCCCCC(=O)O[C@H](COC(=O)CCCCCCCCCCCC(C)C)COP(=O)(O)OC[C@@H](O)COP(=O)(O)OC[C@@H](COC(=O)CCCCCCCCCC(C)C)OC(=O)CCCCCCCCCCC(C)CC. The third-order valence-electron chi connectivity index (χ3n) is 17.5. The molecular formula is C74H144O17P2. The number of ether oxygens (including phenoxy) is 4. The van der Waals surface area contributed by atoms with Crippen molar-refractivity contribution in [2.75, 3.05) is 39.6 Å². The molecule has 0 heterocycles. The number of aliphatic hydroxyl groups is 1. The second kappa shape index (κ2) is 64.7. The Morgan fingerprint density at radius 1 is 0.312 bits per heavy atom. The van der Waals surface area contributed by atoms with Gasteiger partial charge in [-0.25, -0.2) is 9.13 Å². The molecule has 19 heteroatoms. The normalized spacial score (nSPS) is 14.4. The van der Waals surface area contributed by atoms with Crippen molar-refractivity contribution in [1.82, 2.24) is 0 Å². The fourth-order valence-corrected chi connectivity index (χ4v) is 12.8. The van der Waals surface area contributed by atoms with Crippen molar-refractivity contribution < 1.29 is 80.2 Å². The number of unbranched alkanes of at least 4 members (excludes halogenated alkanes) is 39. The number of phosphoric ester groups is 2. The van der Waals surface area contributed by atoms with Crippen LogP contribution in [0.3, 0.4) is 0 Å². The first-order valence-corrected chi connectivity index (χ1v) is 41.4. The minimum absolute atomic E-state index is 0.104. The Balaban J connectivity index is 5.23. The van der Waals surface area contributed by atoms with E-state index < -0.39 is 97.5 Å². The van der Waals surface area contributed by atoms with Crippen LogP contribution >= 0.6 is 15.6 Å². The molecule has 3 unspecified atom stereocenters. The van der Waals surface area contributed by atoms with Crippen LogP contribution in [0.5, 0.6) is 0 Å². The monoisotopic (exact) mass is 1370 g/mol. The summed E-state index contributed by atoms with van der Waals surface area (Å²) in [6, 6.07) is 0. The summed E-state index contributed by atoms with van der Waals surface area (Å²) in [5.41, 5.74) is 0. The molecule has 0 saturated heterocycles. The lowest BCUT2D eigenvalue weighted by molar-refractivity contribution is -0.161. The minimum atomic E-state index is -4.96. The van der Waals surface area contributed by atoms with Crippen LogP contribution in [0.15, 0.2) is 0 Å². The highest BCUT2D eigenvalue weighted by atomic mass is 31.2. The van der Waals surface area contributed by atoms with E-state index in [0.717, 1.165) is 108 Å². The molecule has 0 spiro atoms. The van der Waals surface area contributed by atoms with Gasteiger partial charge >= 0.3 is 39.5 Å². The van der Waals surface area contributed by atoms with Crippen molar-refractivity contribution in [1.29, 1.82) is 0 Å². The summed E-state index contributed by atoms with van der Waals surface area (Å²) in [4.78, 5) is 72.7. The van der Waals surface area contributed by atoms with Gasteiger partial charge < -0.3 is 33.8 Å². The van der Waals surface area contributed by atoms with E-state index in [1.165, 1.54) is 180 Å². The molecule has 0 aromatic heterocycles. The van der Waals surface area contributed by atoms with Crippen LogP contribution in [0.4, 0.5) is 0 Å². The van der Waals surface area contributed by atoms with Crippen LogP contribution in [0, 0.1) is 17.8 Å². The maximum atomic E-state index is 13.1. The molecule has 0 amide bonds. The third kappa shape index (κ3) is 67.0. The Morgan fingerprint density at radius 2 is 0.548 bits per heavy atom. The Labute approximate surface area is 568 Å². The number of hydrogen-bond acceptors (Lipinski definition) is 15. The maximum absolute atomic E-state index is 13.1. The van der Waals surface area contributed by atoms with E-state index in [1.807, 2.05) is 0 Å². The van der Waals surface area contributed by atoms with E-state index in [1.54, 1.807) is 0 Å². The van der Waals surface area contributed by atoms with Gasteiger partial charge in [-0.2, -0.15) is 0 Å². The van der Waals surface area contributed by atoms with Crippen molar-refractivity contribution >= 4 is 39.5 Å². The number of carbonyl (C=O) groups is 4. The van der Waals surface area contributed by atoms with E-state index in [4.69, 9.17) is 37.0 Å². The molecule has 0 aromatic rings. The zero-order valence-electron chi connectivity index (χ0n) is 60.7. The summed E-state index contributed by atoms with van der Waals surface area (Å²) >= 11 is 0. The predicted octanol–water partition coefficient (Wildman–Crippen LogP) is 21.4.